The first-order chi connectivity index (χ1) is 13.8. The number of guanidine groups is 1. The maximum absolute atomic E-state index is 5.77. The van der Waals surface area contributed by atoms with E-state index in [0.29, 0.717) is 19.1 Å². The van der Waals surface area contributed by atoms with E-state index in [9.17, 15) is 0 Å². The molecular formula is C22H29IN4O2. The molecule has 2 heterocycles. The number of para-hydroxylation sites is 1. The molecule has 0 radical (unpaired) electrons. The van der Waals surface area contributed by atoms with E-state index in [1.54, 1.807) is 7.05 Å². The molecule has 1 saturated heterocycles. The zero-order valence-corrected chi connectivity index (χ0v) is 19.1. The Balaban J connectivity index is 0.00000240. The standard InChI is InChI=1S/C22H28N4O2.HI/c1-23-22(25-18-8-9-20-21(14-18)28-13-5-12-27-20)24-15-17-10-11-26(16-17)19-6-3-2-4-7-19;/h2-4,6-9,14,17H,5,10-13,15-16H2,1H3,(H2,23,24,25);1H. The molecule has 7 heteroatoms. The number of hydrogen-bond acceptors (Lipinski definition) is 4. The number of nitrogens with zero attached hydrogens (tertiary/aromatic N) is 2. The zero-order valence-electron chi connectivity index (χ0n) is 16.8. The van der Waals surface area contributed by atoms with Crippen LogP contribution in [0.3, 0.4) is 0 Å². The molecule has 0 amide bonds. The van der Waals surface area contributed by atoms with Gasteiger partial charge in [0.25, 0.3) is 0 Å². The molecule has 1 fully saturated rings. The van der Waals surface area contributed by atoms with E-state index in [-0.39, 0.29) is 24.0 Å². The number of rotatable bonds is 4. The van der Waals surface area contributed by atoms with Gasteiger partial charge >= 0.3 is 0 Å². The normalized spacial score (nSPS) is 18.6. The largest absolute Gasteiger partial charge is 0.490 e. The third-order valence-electron chi connectivity index (χ3n) is 5.20. The maximum atomic E-state index is 5.77. The van der Waals surface area contributed by atoms with Crippen LogP contribution in [0.4, 0.5) is 11.4 Å². The van der Waals surface area contributed by atoms with Gasteiger partial charge in [-0.05, 0) is 36.6 Å². The lowest BCUT2D eigenvalue weighted by molar-refractivity contribution is 0.297. The highest BCUT2D eigenvalue weighted by Crippen LogP contribution is 2.32. The third kappa shape index (κ3) is 5.68. The van der Waals surface area contributed by atoms with Gasteiger partial charge in [0.1, 0.15) is 0 Å². The first kappa shape index (κ1) is 21.5. The molecular weight excluding hydrogens is 479 g/mol. The van der Waals surface area contributed by atoms with Crippen molar-refractivity contribution in [3.63, 3.8) is 0 Å². The van der Waals surface area contributed by atoms with Crippen molar-refractivity contribution >= 4 is 41.3 Å². The third-order valence-corrected chi connectivity index (χ3v) is 5.20. The molecule has 0 aromatic heterocycles. The van der Waals surface area contributed by atoms with Gasteiger partial charge in [-0.3, -0.25) is 4.99 Å². The number of aliphatic imine (C=N–C) groups is 1. The van der Waals surface area contributed by atoms with E-state index < -0.39 is 0 Å². The summed E-state index contributed by atoms with van der Waals surface area (Å²) in [6, 6.07) is 16.5. The summed E-state index contributed by atoms with van der Waals surface area (Å²) < 4.78 is 11.5. The Morgan fingerprint density at radius 3 is 2.69 bits per heavy atom. The predicted molar refractivity (Wildman–Crippen MR) is 129 cm³/mol. The van der Waals surface area contributed by atoms with Crippen LogP contribution in [0.25, 0.3) is 0 Å². The van der Waals surface area contributed by atoms with Crippen molar-refractivity contribution in [1.29, 1.82) is 0 Å². The van der Waals surface area contributed by atoms with Gasteiger partial charge in [-0.2, -0.15) is 0 Å². The molecule has 2 N–H and O–H groups in total. The average Bonchev–Trinajstić information content (AvgIpc) is 3.09. The topological polar surface area (TPSA) is 58.1 Å². The van der Waals surface area contributed by atoms with Gasteiger partial charge in [0, 0.05) is 50.5 Å². The second-order valence-corrected chi connectivity index (χ2v) is 7.23. The number of nitrogens with one attached hydrogen (secondary N) is 2. The van der Waals surface area contributed by atoms with Crippen molar-refractivity contribution in [2.45, 2.75) is 12.8 Å². The molecule has 4 rings (SSSR count). The van der Waals surface area contributed by atoms with Crippen molar-refractivity contribution < 1.29 is 9.47 Å². The summed E-state index contributed by atoms with van der Waals surface area (Å²) in [5.74, 6) is 2.96. The fourth-order valence-corrected chi connectivity index (χ4v) is 3.67. The van der Waals surface area contributed by atoms with Gasteiger partial charge in [-0.1, -0.05) is 18.2 Å². The van der Waals surface area contributed by atoms with Crippen molar-refractivity contribution in [3.05, 3.63) is 48.5 Å². The summed E-state index contributed by atoms with van der Waals surface area (Å²) in [4.78, 5) is 6.81. The summed E-state index contributed by atoms with van der Waals surface area (Å²) in [6.45, 7) is 4.45. The summed E-state index contributed by atoms with van der Waals surface area (Å²) in [6.07, 6.45) is 2.09. The SMILES string of the molecule is CN=C(NCC1CCN(c2ccccc2)C1)Nc1ccc2c(c1)OCCCO2.I. The quantitative estimate of drug-likeness (QED) is 0.372. The van der Waals surface area contributed by atoms with Crippen molar-refractivity contribution in [3.8, 4) is 11.5 Å². The zero-order chi connectivity index (χ0) is 19.2. The first-order valence-electron chi connectivity index (χ1n) is 9.99. The highest BCUT2D eigenvalue weighted by molar-refractivity contribution is 14.0. The van der Waals surface area contributed by atoms with Gasteiger partial charge in [0.2, 0.25) is 0 Å². The van der Waals surface area contributed by atoms with E-state index in [1.807, 2.05) is 18.2 Å². The minimum absolute atomic E-state index is 0. The van der Waals surface area contributed by atoms with E-state index in [1.165, 1.54) is 12.1 Å². The minimum atomic E-state index is 0. The van der Waals surface area contributed by atoms with Crippen LogP contribution in [0.1, 0.15) is 12.8 Å². The van der Waals surface area contributed by atoms with Crippen LogP contribution in [-0.2, 0) is 0 Å². The summed E-state index contributed by atoms with van der Waals surface area (Å²) in [7, 11) is 1.79. The lowest BCUT2D eigenvalue weighted by atomic mass is 10.1. The van der Waals surface area contributed by atoms with E-state index in [0.717, 1.165) is 49.2 Å². The monoisotopic (exact) mass is 508 g/mol. The first-order valence-corrected chi connectivity index (χ1v) is 9.99. The van der Waals surface area contributed by atoms with Crippen LogP contribution < -0.4 is 25.0 Å². The number of fused-ring (bicyclic) bond motifs is 1. The number of benzene rings is 2. The van der Waals surface area contributed by atoms with Crippen LogP contribution >= 0.6 is 24.0 Å². The van der Waals surface area contributed by atoms with Gasteiger partial charge in [0.05, 0.1) is 13.2 Å². The fourth-order valence-electron chi connectivity index (χ4n) is 3.67. The second kappa shape index (κ2) is 10.6. The Kier molecular flexibility index (Phi) is 7.85. The Bertz CT molecular complexity index is 816. The van der Waals surface area contributed by atoms with Gasteiger partial charge in [-0.25, -0.2) is 0 Å². The smallest absolute Gasteiger partial charge is 0.195 e. The van der Waals surface area contributed by atoms with Gasteiger partial charge in [-0.15, -0.1) is 24.0 Å². The summed E-state index contributed by atoms with van der Waals surface area (Å²) in [5, 5.41) is 6.82. The Morgan fingerprint density at radius 1 is 1.10 bits per heavy atom. The molecule has 2 aromatic rings. The van der Waals surface area contributed by atoms with Crippen LogP contribution in [0, 0.1) is 5.92 Å². The maximum Gasteiger partial charge on any atom is 0.195 e. The molecule has 1 unspecified atom stereocenters. The highest BCUT2D eigenvalue weighted by Gasteiger charge is 2.22. The van der Waals surface area contributed by atoms with E-state index >= 15 is 0 Å². The number of hydrogen-bond donors (Lipinski definition) is 2. The Hall–Kier alpha value is -2.16. The molecule has 2 aromatic carbocycles. The highest BCUT2D eigenvalue weighted by atomic mass is 127. The van der Waals surface area contributed by atoms with Gasteiger partial charge in [0.15, 0.2) is 17.5 Å². The molecule has 2 aliphatic rings. The average molecular weight is 508 g/mol. The molecule has 6 nitrogen and oxygen atoms in total. The predicted octanol–water partition coefficient (Wildman–Crippen LogP) is 3.98. The number of halogens is 1. The van der Waals surface area contributed by atoms with E-state index in [2.05, 4.69) is 50.9 Å². The fraction of sp³-hybridized carbons (Fsp3) is 0.409. The van der Waals surface area contributed by atoms with Crippen LogP contribution in [0.15, 0.2) is 53.5 Å². The van der Waals surface area contributed by atoms with Gasteiger partial charge < -0.3 is 25.0 Å². The van der Waals surface area contributed by atoms with Crippen molar-refractivity contribution in [1.82, 2.24) is 5.32 Å². The molecule has 2 aliphatic heterocycles. The Labute approximate surface area is 189 Å². The molecule has 156 valence electrons. The van der Waals surface area contributed by atoms with Crippen LogP contribution in [-0.4, -0.2) is 45.9 Å². The minimum Gasteiger partial charge on any atom is -0.490 e. The molecule has 0 aliphatic carbocycles. The molecule has 29 heavy (non-hydrogen) atoms. The number of ether oxygens (including phenoxy) is 2. The molecule has 0 saturated carbocycles. The molecule has 0 bridgehead atoms. The van der Waals surface area contributed by atoms with Crippen LogP contribution in [0.2, 0.25) is 0 Å². The number of anilines is 2. The second-order valence-electron chi connectivity index (χ2n) is 7.23. The Morgan fingerprint density at radius 2 is 1.90 bits per heavy atom. The molecule has 0 spiro atoms. The lowest BCUT2D eigenvalue weighted by Crippen LogP contribution is -2.35. The van der Waals surface area contributed by atoms with E-state index in [4.69, 9.17) is 9.47 Å². The molecule has 1 atom stereocenters. The van der Waals surface area contributed by atoms with Crippen molar-refractivity contribution in [2.24, 2.45) is 10.9 Å². The summed E-state index contributed by atoms with van der Waals surface area (Å²) >= 11 is 0. The van der Waals surface area contributed by atoms with Crippen LogP contribution in [0.5, 0.6) is 11.5 Å². The van der Waals surface area contributed by atoms with Crippen molar-refractivity contribution in [2.75, 3.05) is 50.1 Å². The summed E-state index contributed by atoms with van der Waals surface area (Å²) in [5.41, 5.74) is 2.24. The lowest BCUT2D eigenvalue weighted by Gasteiger charge is -2.19.